The van der Waals surface area contributed by atoms with Gasteiger partial charge in [-0.05, 0) is 19.1 Å². The molecular formula is C16H19N3O4S. The smallest absolute Gasteiger partial charge is 0.303 e. The second-order valence-electron chi connectivity index (χ2n) is 5.73. The van der Waals surface area contributed by atoms with Crippen LogP contribution >= 0.6 is 11.3 Å². The maximum absolute atomic E-state index is 12.8. The van der Waals surface area contributed by atoms with Gasteiger partial charge in [0.1, 0.15) is 10.6 Å². The van der Waals surface area contributed by atoms with Gasteiger partial charge < -0.3 is 14.7 Å². The number of hydrogen-bond acceptors (Lipinski definition) is 5. The molecule has 3 rings (SSSR count). The normalized spacial score (nSPS) is 13.7. The van der Waals surface area contributed by atoms with Crippen molar-refractivity contribution in [2.75, 3.05) is 13.7 Å². The Balaban J connectivity index is 1.74. The third-order valence-electron chi connectivity index (χ3n) is 3.97. The first kappa shape index (κ1) is 16.5. The lowest BCUT2D eigenvalue weighted by atomic mass is 10.2. The average molecular weight is 349 g/mol. The summed E-state index contributed by atoms with van der Waals surface area (Å²) in [5, 5.41) is 13.2. The van der Waals surface area contributed by atoms with Crippen LogP contribution in [0.5, 0.6) is 5.75 Å². The van der Waals surface area contributed by atoms with Crippen LogP contribution in [-0.2, 0) is 24.3 Å². The SMILES string of the molecule is COc1cc(C)sc1C(=O)N1CCn2nc(CCC(=O)O)cc2C1. The largest absolute Gasteiger partial charge is 0.495 e. The minimum Gasteiger partial charge on any atom is -0.495 e. The predicted octanol–water partition coefficient (Wildman–Crippen LogP) is 1.93. The molecule has 0 bridgehead atoms. The van der Waals surface area contributed by atoms with Crippen molar-refractivity contribution in [3.8, 4) is 5.75 Å². The molecule has 7 nitrogen and oxygen atoms in total. The molecule has 0 aromatic carbocycles. The Bertz CT molecular complexity index is 780. The number of carbonyl (C=O) groups is 2. The number of nitrogens with zero attached hydrogens (tertiary/aromatic N) is 3. The van der Waals surface area contributed by atoms with Gasteiger partial charge in [-0.1, -0.05) is 0 Å². The molecule has 1 amide bonds. The van der Waals surface area contributed by atoms with Gasteiger partial charge in [-0.15, -0.1) is 11.3 Å². The van der Waals surface area contributed by atoms with Gasteiger partial charge in [-0.2, -0.15) is 5.10 Å². The van der Waals surface area contributed by atoms with Crippen LogP contribution < -0.4 is 4.74 Å². The first-order chi connectivity index (χ1) is 11.5. The molecule has 1 N–H and O–H groups in total. The summed E-state index contributed by atoms with van der Waals surface area (Å²) in [6.07, 6.45) is 0.464. The van der Waals surface area contributed by atoms with E-state index >= 15 is 0 Å². The number of aryl methyl sites for hydroxylation is 2. The molecule has 128 valence electrons. The molecule has 0 fully saturated rings. The number of thiophene rings is 1. The molecule has 1 aliphatic heterocycles. The van der Waals surface area contributed by atoms with Crippen LogP contribution in [-0.4, -0.2) is 45.3 Å². The number of carboxylic acids is 1. The number of amides is 1. The van der Waals surface area contributed by atoms with Crippen molar-refractivity contribution in [2.24, 2.45) is 0 Å². The lowest BCUT2D eigenvalue weighted by molar-refractivity contribution is -0.136. The fourth-order valence-electron chi connectivity index (χ4n) is 2.79. The van der Waals surface area contributed by atoms with Crippen LogP contribution in [0.2, 0.25) is 0 Å². The van der Waals surface area contributed by atoms with Crippen LogP contribution in [0.3, 0.4) is 0 Å². The van der Waals surface area contributed by atoms with Crippen molar-refractivity contribution >= 4 is 23.2 Å². The Morgan fingerprint density at radius 2 is 2.17 bits per heavy atom. The fourth-order valence-corrected chi connectivity index (χ4v) is 3.74. The molecule has 2 aromatic rings. The minimum atomic E-state index is -0.835. The highest BCUT2D eigenvalue weighted by atomic mass is 32.1. The first-order valence-electron chi connectivity index (χ1n) is 7.69. The molecule has 24 heavy (non-hydrogen) atoms. The lowest BCUT2D eigenvalue weighted by Crippen LogP contribution is -2.38. The summed E-state index contributed by atoms with van der Waals surface area (Å²) in [6, 6.07) is 3.76. The van der Waals surface area contributed by atoms with Crippen molar-refractivity contribution in [1.29, 1.82) is 0 Å². The maximum atomic E-state index is 12.8. The summed E-state index contributed by atoms with van der Waals surface area (Å²) in [5.74, 6) is -0.258. The van der Waals surface area contributed by atoms with Crippen molar-refractivity contribution in [3.63, 3.8) is 0 Å². The predicted molar refractivity (Wildman–Crippen MR) is 88.5 cm³/mol. The van der Waals surface area contributed by atoms with E-state index in [1.807, 2.05) is 23.7 Å². The minimum absolute atomic E-state index is 0.0375. The highest BCUT2D eigenvalue weighted by molar-refractivity contribution is 7.14. The maximum Gasteiger partial charge on any atom is 0.303 e. The van der Waals surface area contributed by atoms with Gasteiger partial charge in [0.2, 0.25) is 0 Å². The third kappa shape index (κ3) is 3.28. The number of ether oxygens (including phenoxy) is 1. The number of hydrogen-bond donors (Lipinski definition) is 1. The number of rotatable bonds is 5. The van der Waals surface area contributed by atoms with Crippen LogP contribution in [0.4, 0.5) is 0 Å². The van der Waals surface area contributed by atoms with Gasteiger partial charge in [0.25, 0.3) is 5.91 Å². The number of aromatic nitrogens is 2. The van der Waals surface area contributed by atoms with Gasteiger partial charge in [0.05, 0.1) is 38.0 Å². The van der Waals surface area contributed by atoms with E-state index in [0.717, 1.165) is 16.3 Å². The quantitative estimate of drug-likeness (QED) is 0.892. The highest BCUT2D eigenvalue weighted by Crippen LogP contribution is 2.30. The number of aliphatic carboxylic acids is 1. The second kappa shape index (κ2) is 6.64. The summed E-state index contributed by atoms with van der Waals surface area (Å²) < 4.78 is 7.15. The topological polar surface area (TPSA) is 84.7 Å². The van der Waals surface area contributed by atoms with Gasteiger partial charge in [0, 0.05) is 17.8 Å². The number of fused-ring (bicyclic) bond motifs is 1. The number of carbonyl (C=O) groups excluding carboxylic acids is 1. The zero-order chi connectivity index (χ0) is 17.3. The third-order valence-corrected chi connectivity index (χ3v) is 4.99. The summed E-state index contributed by atoms with van der Waals surface area (Å²) in [4.78, 5) is 26.9. The lowest BCUT2D eigenvalue weighted by Gasteiger charge is -2.27. The Morgan fingerprint density at radius 3 is 2.88 bits per heavy atom. The standard InChI is InChI=1S/C16H19N3O4S/c1-10-7-13(23-2)15(24-10)16(22)18-5-6-19-12(9-18)8-11(17-19)3-4-14(20)21/h7-8H,3-6,9H2,1-2H3,(H,20,21). The molecule has 3 heterocycles. The molecule has 8 heteroatoms. The second-order valence-corrected chi connectivity index (χ2v) is 6.98. The fraction of sp³-hybridized carbons (Fsp3) is 0.438. The molecule has 0 saturated heterocycles. The van der Waals surface area contributed by atoms with Crippen LogP contribution in [0.15, 0.2) is 12.1 Å². The molecule has 1 aliphatic rings. The van der Waals surface area contributed by atoms with Crippen molar-refractivity contribution in [2.45, 2.75) is 32.9 Å². The molecule has 2 aromatic heterocycles. The Labute approximate surface area is 143 Å². The van der Waals surface area contributed by atoms with Crippen LogP contribution in [0.25, 0.3) is 0 Å². The van der Waals surface area contributed by atoms with Crippen LogP contribution in [0.1, 0.15) is 32.4 Å². The van der Waals surface area contributed by atoms with Crippen LogP contribution in [0, 0.1) is 6.92 Å². The van der Waals surface area contributed by atoms with Gasteiger partial charge in [-0.25, -0.2) is 0 Å². The molecule has 0 radical (unpaired) electrons. The average Bonchev–Trinajstić information content (AvgIpc) is 3.13. The van der Waals surface area contributed by atoms with Gasteiger partial charge in [0.15, 0.2) is 0 Å². The summed E-state index contributed by atoms with van der Waals surface area (Å²) >= 11 is 1.43. The molecule has 0 spiro atoms. The molecule has 0 saturated carbocycles. The van der Waals surface area contributed by atoms with E-state index in [-0.39, 0.29) is 12.3 Å². The highest BCUT2D eigenvalue weighted by Gasteiger charge is 2.26. The summed E-state index contributed by atoms with van der Waals surface area (Å²) in [6.45, 7) is 3.61. The monoisotopic (exact) mass is 349 g/mol. The zero-order valence-corrected chi connectivity index (χ0v) is 14.4. The van der Waals surface area contributed by atoms with E-state index in [1.54, 1.807) is 12.0 Å². The van der Waals surface area contributed by atoms with Crippen molar-refractivity contribution < 1.29 is 19.4 Å². The van der Waals surface area contributed by atoms with Gasteiger partial charge in [-0.3, -0.25) is 14.3 Å². The Morgan fingerprint density at radius 1 is 1.38 bits per heavy atom. The molecule has 0 atom stereocenters. The summed E-state index contributed by atoms with van der Waals surface area (Å²) in [5.41, 5.74) is 1.69. The van der Waals surface area contributed by atoms with Gasteiger partial charge >= 0.3 is 5.97 Å². The van der Waals surface area contributed by atoms with E-state index < -0.39 is 5.97 Å². The van der Waals surface area contributed by atoms with E-state index in [4.69, 9.17) is 9.84 Å². The van der Waals surface area contributed by atoms with E-state index in [9.17, 15) is 9.59 Å². The zero-order valence-electron chi connectivity index (χ0n) is 13.6. The Hall–Kier alpha value is -2.35. The van der Waals surface area contributed by atoms with E-state index in [0.29, 0.717) is 36.7 Å². The van der Waals surface area contributed by atoms with Crippen molar-refractivity contribution in [3.05, 3.63) is 33.3 Å². The van der Waals surface area contributed by atoms with E-state index in [2.05, 4.69) is 5.10 Å². The van der Waals surface area contributed by atoms with Crippen molar-refractivity contribution in [1.82, 2.24) is 14.7 Å². The number of carboxylic acid groups (broad SMARTS) is 1. The summed E-state index contributed by atoms with van der Waals surface area (Å²) in [7, 11) is 1.57. The molecular weight excluding hydrogens is 330 g/mol. The Kier molecular flexibility index (Phi) is 4.57. The number of methoxy groups -OCH3 is 1. The first-order valence-corrected chi connectivity index (χ1v) is 8.50. The molecule has 0 aliphatic carbocycles. The van der Waals surface area contributed by atoms with E-state index in [1.165, 1.54) is 11.3 Å². The molecule has 0 unspecified atom stereocenters.